The monoisotopic (exact) mass is 271 g/mol. The molecule has 0 saturated carbocycles. The third-order valence-corrected chi connectivity index (χ3v) is 2.58. The van der Waals surface area contributed by atoms with Gasteiger partial charge in [-0.15, -0.1) is 0 Å². The maximum Gasteiger partial charge on any atom is 0.329 e. The number of hydrogen-bond acceptors (Lipinski definition) is 5. The van der Waals surface area contributed by atoms with Gasteiger partial charge in [0.2, 0.25) is 0 Å². The second kappa shape index (κ2) is 5.90. The molecule has 1 aliphatic heterocycles. The number of carboxylic acid groups (broad SMARTS) is 1. The minimum Gasteiger partial charge on any atom is -0.548 e. The predicted octanol–water partition coefficient (Wildman–Crippen LogP) is -0.748. The van der Waals surface area contributed by atoms with Crippen molar-refractivity contribution in [2.75, 3.05) is 13.1 Å². The highest BCUT2D eigenvalue weighted by Gasteiger charge is 2.36. The van der Waals surface area contributed by atoms with Gasteiger partial charge in [-0.2, -0.15) is 0 Å². The Morgan fingerprint density at radius 1 is 1.37 bits per heavy atom. The van der Waals surface area contributed by atoms with Gasteiger partial charge in [0.15, 0.2) is 0 Å². The third-order valence-electron chi connectivity index (χ3n) is 2.58. The standard InChI is InChI=1S/C12H20N2O5/c1-12(2,3)19-10(17)8-5-4-6-14(8)11(18)13-7-9(15)16/h8H,4-7H2,1-3H3,(H,13,18)(H,15,16)/p-1. The Bertz CT molecular complexity index is 375. The van der Waals surface area contributed by atoms with E-state index in [9.17, 15) is 19.5 Å². The number of carbonyl (C=O) groups excluding carboxylic acids is 3. The lowest BCUT2D eigenvalue weighted by Gasteiger charge is -2.27. The first-order chi connectivity index (χ1) is 8.70. The van der Waals surface area contributed by atoms with Crippen LogP contribution in [0.1, 0.15) is 33.6 Å². The topological polar surface area (TPSA) is 98.8 Å². The van der Waals surface area contributed by atoms with Crippen molar-refractivity contribution in [3.63, 3.8) is 0 Å². The molecule has 1 N–H and O–H groups in total. The van der Waals surface area contributed by atoms with E-state index in [0.29, 0.717) is 19.4 Å². The summed E-state index contributed by atoms with van der Waals surface area (Å²) in [5, 5.41) is 12.5. The van der Waals surface area contributed by atoms with E-state index in [1.807, 2.05) is 0 Å². The first-order valence-corrected chi connectivity index (χ1v) is 6.18. The molecule has 1 atom stereocenters. The van der Waals surface area contributed by atoms with Crippen LogP contribution >= 0.6 is 0 Å². The van der Waals surface area contributed by atoms with E-state index in [-0.39, 0.29) is 0 Å². The van der Waals surface area contributed by atoms with Crippen molar-refractivity contribution in [1.29, 1.82) is 0 Å². The molecule has 7 nitrogen and oxygen atoms in total. The average molecular weight is 271 g/mol. The molecule has 1 heterocycles. The molecule has 0 radical (unpaired) electrons. The van der Waals surface area contributed by atoms with E-state index in [1.54, 1.807) is 20.8 Å². The first-order valence-electron chi connectivity index (χ1n) is 6.18. The number of rotatable bonds is 3. The Hall–Kier alpha value is -1.79. The van der Waals surface area contributed by atoms with Gasteiger partial charge in [0.25, 0.3) is 0 Å². The number of carboxylic acids is 1. The van der Waals surface area contributed by atoms with Gasteiger partial charge >= 0.3 is 12.0 Å². The molecule has 108 valence electrons. The zero-order valence-corrected chi connectivity index (χ0v) is 11.4. The van der Waals surface area contributed by atoms with Crippen molar-refractivity contribution >= 4 is 18.0 Å². The minimum atomic E-state index is -1.37. The van der Waals surface area contributed by atoms with Gasteiger partial charge in [-0.1, -0.05) is 0 Å². The number of amides is 2. The van der Waals surface area contributed by atoms with E-state index in [2.05, 4.69) is 5.32 Å². The second-order valence-corrected chi connectivity index (χ2v) is 5.42. The van der Waals surface area contributed by atoms with Crippen LogP contribution < -0.4 is 10.4 Å². The number of aliphatic carboxylic acids is 1. The Kier molecular flexibility index (Phi) is 4.74. The Labute approximate surface area is 111 Å². The first kappa shape index (κ1) is 15.3. The van der Waals surface area contributed by atoms with Crippen LogP contribution in [0.15, 0.2) is 0 Å². The van der Waals surface area contributed by atoms with Crippen LogP contribution in [0, 0.1) is 0 Å². The number of esters is 1. The molecular weight excluding hydrogens is 252 g/mol. The number of ether oxygens (including phenoxy) is 1. The molecule has 1 fully saturated rings. The number of hydrogen-bond donors (Lipinski definition) is 1. The summed E-state index contributed by atoms with van der Waals surface area (Å²) in [6.45, 7) is 5.08. The van der Waals surface area contributed by atoms with Crippen LogP contribution in [0.2, 0.25) is 0 Å². The molecule has 0 aromatic heterocycles. The molecule has 0 spiro atoms. The zero-order valence-electron chi connectivity index (χ0n) is 11.4. The summed E-state index contributed by atoms with van der Waals surface area (Å²) in [5.41, 5.74) is -0.618. The fourth-order valence-corrected chi connectivity index (χ4v) is 1.87. The highest BCUT2D eigenvalue weighted by Crippen LogP contribution is 2.21. The maximum atomic E-state index is 11.9. The summed E-state index contributed by atoms with van der Waals surface area (Å²) < 4.78 is 5.24. The van der Waals surface area contributed by atoms with Crippen molar-refractivity contribution in [1.82, 2.24) is 10.2 Å². The van der Waals surface area contributed by atoms with Gasteiger partial charge in [-0.25, -0.2) is 9.59 Å². The summed E-state index contributed by atoms with van der Waals surface area (Å²) in [5.74, 6) is -1.84. The minimum absolute atomic E-state index is 0.406. The van der Waals surface area contributed by atoms with Gasteiger partial charge < -0.3 is 24.9 Å². The molecule has 1 saturated heterocycles. The number of likely N-dealkylation sites (tertiary alicyclic amines) is 1. The van der Waals surface area contributed by atoms with Gasteiger partial charge in [0, 0.05) is 6.54 Å². The smallest absolute Gasteiger partial charge is 0.329 e. The van der Waals surface area contributed by atoms with Crippen LogP contribution in [0.25, 0.3) is 0 Å². The van der Waals surface area contributed by atoms with Crippen LogP contribution in [0.3, 0.4) is 0 Å². The molecule has 0 aromatic rings. The quantitative estimate of drug-likeness (QED) is 0.681. The van der Waals surface area contributed by atoms with Crippen molar-refractivity contribution in [2.24, 2.45) is 0 Å². The SMILES string of the molecule is CC(C)(C)OC(=O)C1CCCN1C(=O)NCC(=O)[O-]. The van der Waals surface area contributed by atoms with Crippen LogP contribution in [-0.2, 0) is 14.3 Å². The molecule has 1 unspecified atom stereocenters. The lowest BCUT2D eigenvalue weighted by Crippen LogP contribution is -2.50. The van der Waals surface area contributed by atoms with E-state index in [4.69, 9.17) is 4.74 Å². The molecular formula is C12H19N2O5-. The summed E-state index contributed by atoms with van der Waals surface area (Å²) >= 11 is 0. The van der Waals surface area contributed by atoms with E-state index < -0.39 is 36.2 Å². The van der Waals surface area contributed by atoms with Gasteiger partial charge in [0.1, 0.15) is 11.6 Å². The van der Waals surface area contributed by atoms with Crippen molar-refractivity contribution in [3.8, 4) is 0 Å². The molecule has 0 aliphatic carbocycles. The number of nitrogens with zero attached hydrogens (tertiary/aromatic N) is 1. The molecule has 1 rings (SSSR count). The fraction of sp³-hybridized carbons (Fsp3) is 0.750. The predicted molar refractivity (Wildman–Crippen MR) is 64.0 cm³/mol. The van der Waals surface area contributed by atoms with Crippen molar-refractivity contribution in [3.05, 3.63) is 0 Å². The molecule has 0 bridgehead atoms. The largest absolute Gasteiger partial charge is 0.548 e. The van der Waals surface area contributed by atoms with Gasteiger partial charge in [-0.3, -0.25) is 0 Å². The van der Waals surface area contributed by atoms with Gasteiger partial charge in [0.05, 0.1) is 12.5 Å². The van der Waals surface area contributed by atoms with Crippen molar-refractivity contribution < 1.29 is 24.2 Å². The summed E-state index contributed by atoms with van der Waals surface area (Å²) in [7, 11) is 0. The van der Waals surface area contributed by atoms with Crippen molar-refractivity contribution in [2.45, 2.75) is 45.3 Å². The second-order valence-electron chi connectivity index (χ2n) is 5.42. The van der Waals surface area contributed by atoms with E-state index in [0.717, 1.165) is 0 Å². The Morgan fingerprint density at radius 3 is 2.53 bits per heavy atom. The number of carbonyl (C=O) groups is 3. The number of urea groups is 1. The lowest BCUT2D eigenvalue weighted by molar-refractivity contribution is -0.303. The highest BCUT2D eigenvalue weighted by molar-refractivity contribution is 5.86. The Morgan fingerprint density at radius 2 is 2.00 bits per heavy atom. The normalized spacial score (nSPS) is 19.1. The van der Waals surface area contributed by atoms with E-state index >= 15 is 0 Å². The molecule has 2 amide bonds. The van der Waals surface area contributed by atoms with Crippen LogP contribution in [0.4, 0.5) is 4.79 Å². The highest BCUT2D eigenvalue weighted by atomic mass is 16.6. The maximum absolute atomic E-state index is 11.9. The number of nitrogens with one attached hydrogen (secondary N) is 1. The fourth-order valence-electron chi connectivity index (χ4n) is 1.87. The Balaban J connectivity index is 2.60. The third kappa shape index (κ3) is 4.76. The van der Waals surface area contributed by atoms with E-state index in [1.165, 1.54) is 4.90 Å². The summed E-state index contributed by atoms with van der Waals surface area (Å²) in [6.07, 6.45) is 1.20. The molecule has 7 heteroatoms. The molecule has 19 heavy (non-hydrogen) atoms. The average Bonchev–Trinajstić information content (AvgIpc) is 2.72. The molecule has 1 aliphatic rings. The summed E-state index contributed by atoms with van der Waals surface area (Å²) in [6, 6.07) is -1.24. The van der Waals surface area contributed by atoms with Gasteiger partial charge in [-0.05, 0) is 33.6 Å². The van der Waals surface area contributed by atoms with Crippen LogP contribution in [-0.4, -0.2) is 47.6 Å². The zero-order chi connectivity index (χ0) is 14.6. The molecule has 0 aromatic carbocycles. The van der Waals surface area contributed by atoms with Crippen LogP contribution in [0.5, 0.6) is 0 Å². The lowest BCUT2D eigenvalue weighted by atomic mass is 10.1. The summed E-state index contributed by atoms with van der Waals surface area (Å²) in [4.78, 5) is 35.3.